The molecule has 0 bridgehead atoms. The smallest absolute Gasteiger partial charge is 0.151 e. The number of hydrogen-bond acceptors (Lipinski definition) is 4. The number of hydrogen-bond donors (Lipinski definition) is 0. The summed E-state index contributed by atoms with van der Waals surface area (Å²) in [6.45, 7) is 1.19. The minimum Gasteiger partial charge on any atom is -0.298 e. The van der Waals surface area contributed by atoms with Gasteiger partial charge in [-0.1, -0.05) is 30.3 Å². The molecule has 1 aromatic heterocycles. The van der Waals surface area contributed by atoms with Crippen LogP contribution in [0.3, 0.4) is 0 Å². The molecule has 2 aromatic rings. The maximum Gasteiger partial charge on any atom is 0.151 e. The number of carbonyl (C=O) groups excluding carboxylic acids is 1. The van der Waals surface area contributed by atoms with E-state index in [4.69, 9.17) is 0 Å². The third kappa shape index (κ3) is 4.05. The van der Waals surface area contributed by atoms with Gasteiger partial charge in [0.2, 0.25) is 0 Å². The molecule has 3 nitrogen and oxygen atoms in total. The largest absolute Gasteiger partial charge is 0.298 e. The first kappa shape index (κ1) is 12.9. The van der Waals surface area contributed by atoms with Crippen LogP contribution in [-0.2, 0) is 17.8 Å². The van der Waals surface area contributed by atoms with Crippen molar-refractivity contribution in [3.05, 3.63) is 52.5 Å². The molecular formula is C14H16N2OS. The first-order valence-corrected chi connectivity index (χ1v) is 6.79. The highest BCUT2D eigenvalue weighted by molar-refractivity contribution is 7.07. The number of Topliss-reactive ketones (excluding diaryl/α,β-unsaturated/α-hetero) is 1. The molecule has 18 heavy (non-hydrogen) atoms. The van der Waals surface area contributed by atoms with E-state index < -0.39 is 0 Å². The van der Waals surface area contributed by atoms with Crippen LogP contribution in [0.4, 0.5) is 0 Å². The summed E-state index contributed by atoms with van der Waals surface area (Å²) in [6.07, 6.45) is 0.502. The number of carbonyl (C=O) groups is 1. The first-order chi connectivity index (χ1) is 8.74. The van der Waals surface area contributed by atoms with Crippen LogP contribution in [0, 0.1) is 0 Å². The molecule has 0 saturated carbocycles. The van der Waals surface area contributed by atoms with Crippen LogP contribution < -0.4 is 0 Å². The summed E-state index contributed by atoms with van der Waals surface area (Å²) in [5, 5.41) is 2.01. The average Bonchev–Trinajstić information content (AvgIpc) is 2.82. The van der Waals surface area contributed by atoms with Crippen molar-refractivity contribution in [3.63, 3.8) is 0 Å². The predicted octanol–water partition coefficient (Wildman–Crippen LogP) is 2.39. The Morgan fingerprint density at radius 3 is 2.78 bits per heavy atom. The van der Waals surface area contributed by atoms with Crippen LogP contribution in [-0.4, -0.2) is 29.3 Å². The van der Waals surface area contributed by atoms with Crippen molar-refractivity contribution in [3.8, 4) is 0 Å². The number of ketones is 1. The Labute approximate surface area is 111 Å². The molecule has 4 heteroatoms. The number of rotatable bonds is 6. The lowest BCUT2D eigenvalue weighted by Gasteiger charge is -2.14. The third-order valence-electron chi connectivity index (χ3n) is 2.61. The van der Waals surface area contributed by atoms with E-state index in [2.05, 4.69) is 4.98 Å². The lowest BCUT2D eigenvalue weighted by Crippen LogP contribution is -2.26. The van der Waals surface area contributed by atoms with Crippen LogP contribution in [0.1, 0.15) is 11.3 Å². The second kappa shape index (κ2) is 6.42. The minimum atomic E-state index is 0.235. The summed E-state index contributed by atoms with van der Waals surface area (Å²) >= 11 is 1.58. The van der Waals surface area contributed by atoms with E-state index >= 15 is 0 Å². The quantitative estimate of drug-likeness (QED) is 0.799. The Morgan fingerprint density at radius 2 is 2.11 bits per heavy atom. The highest BCUT2D eigenvalue weighted by Crippen LogP contribution is 2.05. The number of benzene rings is 1. The zero-order valence-electron chi connectivity index (χ0n) is 10.4. The average molecular weight is 260 g/mol. The van der Waals surface area contributed by atoms with Gasteiger partial charge in [-0.3, -0.25) is 9.69 Å². The lowest BCUT2D eigenvalue weighted by atomic mass is 10.1. The van der Waals surface area contributed by atoms with Crippen molar-refractivity contribution >= 4 is 17.1 Å². The number of likely N-dealkylation sites (N-methyl/N-ethyl adjacent to an activating group) is 1. The van der Waals surface area contributed by atoms with E-state index in [0.29, 0.717) is 13.0 Å². The maximum atomic E-state index is 11.9. The second-order valence-electron chi connectivity index (χ2n) is 4.35. The van der Waals surface area contributed by atoms with Crippen molar-refractivity contribution < 1.29 is 4.79 Å². The molecule has 0 unspecified atom stereocenters. The Hall–Kier alpha value is -1.52. The fourth-order valence-corrected chi connectivity index (χ4v) is 2.38. The molecule has 0 aliphatic heterocycles. The molecule has 0 radical (unpaired) electrons. The zero-order chi connectivity index (χ0) is 12.8. The van der Waals surface area contributed by atoms with Gasteiger partial charge in [0.05, 0.1) is 17.7 Å². The van der Waals surface area contributed by atoms with Crippen molar-refractivity contribution in [2.24, 2.45) is 0 Å². The van der Waals surface area contributed by atoms with Gasteiger partial charge in [-0.25, -0.2) is 4.98 Å². The highest BCUT2D eigenvalue weighted by Gasteiger charge is 2.08. The van der Waals surface area contributed by atoms with Gasteiger partial charge in [-0.15, -0.1) is 11.3 Å². The van der Waals surface area contributed by atoms with Gasteiger partial charge in [0.1, 0.15) is 0 Å². The molecule has 1 heterocycles. The monoisotopic (exact) mass is 260 g/mol. The topological polar surface area (TPSA) is 33.2 Å². The first-order valence-electron chi connectivity index (χ1n) is 5.85. The van der Waals surface area contributed by atoms with E-state index in [1.807, 2.05) is 53.2 Å². The fourth-order valence-electron chi connectivity index (χ4n) is 1.83. The van der Waals surface area contributed by atoms with Crippen molar-refractivity contribution in [2.75, 3.05) is 13.6 Å². The van der Waals surface area contributed by atoms with Crippen LogP contribution in [0.5, 0.6) is 0 Å². The third-order valence-corrected chi connectivity index (χ3v) is 3.24. The molecule has 0 N–H and O–H groups in total. The molecule has 0 aliphatic rings. The summed E-state index contributed by atoms with van der Waals surface area (Å²) in [6, 6.07) is 9.85. The molecule has 1 aromatic carbocycles. The molecule has 0 spiro atoms. The maximum absolute atomic E-state index is 11.9. The molecule has 0 saturated heterocycles. The van der Waals surface area contributed by atoms with E-state index in [0.717, 1.165) is 17.8 Å². The standard InChI is InChI=1S/C14H16N2OS/c1-16(8-13-10-18-11-15-13)9-14(17)7-12-5-3-2-4-6-12/h2-6,10-11H,7-9H2,1H3. The summed E-state index contributed by atoms with van der Waals surface area (Å²) in [7, 11) is 1.95. The number of nitrogens with zero attached hydrogens (tertiary/aromatic N) is 2. The van der Waals surface area contributed by atoms with Gasteiger partial charge in [-0.2, -0.15) is 0 Å². The van der Waals surface area contributed by atoms with Crippen LogP contribution in [0.15, 0.2) is 41.2 Å². The minimum absolute atomic E-state index is 0.235. The lowest BCUT2D eigenvalue weighted by molar-refractivity contribution is -0.119. The molecule has 0 fully saturated rings. The van der Waals surface area contributed by atoms with E-state index in [1.54, 1.807) is 11.3 Å². The number of aromatic nitrogens is 1. The van der Waals surface area contributed by atoms with Gasteiger partial charge in [0.15, 0.2) is 5.78 Å². The molecule has 0 amide bonds. The normalized spacial score (nSPS) is 10.8. The summed E-state index contributed by atoms with van der Waals surface area (Å²) < 4.78 is 0. The Balaban J connectivity index is 1.80. The Kier molecular flexibility index (Phi) is 4.61. The predicted molar refractivity (Wildman–Crippen MR) is 73.6 cm³/mol. The summed E-state index contributed by atoms with van der Waals surface area (Å²) in [5.41, 5.74) is 3.91. The van der Waals surface area contributed by atoms with Crippen LogP contribution >= 0.6 is 11.3 Å². The Bertz CT molecular complexity index is 482. The van der Waals surface area contributed by atoms with Gasteiger partial charge in [-0.05, 0) is 12.6 Å². The van der Waals surface area contributed by atoms with E-state index in [9.17, 15) is 4.79 Å². The van der Waals surface area contributed by atoms with Gasteiger partial charge in [0, 0.05) is 18.3 Å². The Morgan fingerprint density at radius 1 is 1.33 bits per heavy atom. The van der Waals surface area contributed by atoms with Gasteiger partial charge >= 0.3 is 0 Å². The summed E-state index contributed by atoms with van der Waals surface area (Å²) in [4.78, 5) is 18.1. The zero-order valence-corrected chi connectivity index (χ0v) is 11.2. The van der Waals surface area contributed by atoms with Crippen LogP contribution in [0.25, 0.3) is 0 Å². The highest BCUT2D eigenvalue weighted by atomic mass is 32.1. The van der Waals surface area contributed by atoms with Crippen molar-refractivity contribution in [2.45, 2.75) is 13.0 Å². The fraction of sp³-hybridized carbons (Fsp3) is 0.286. The molecular weight excluding hydrogens is 244 g/mol. The molecule has 94 valence electrons. The summed E-state index contributed by atoms with van der Waals surface area (Å²) in [5.74, 6) is 0.235. The van der Waals surface area contributed by atoms with Gasteiger partial charge < -0.3 is 0 Å². The SMILES string of the molecule is CN(CC(=O)Cc1ccccc1)Cc1cscn1. The van der Waals surface area contributed by atoms with Crippen LogP contribution in [0.2, 0.25) is 0 Å². The van der Waals surface area contributed by atoms with Crippen molar-refractivity contribution in [1.82, 2.24) is 9.88 Å². The molecule has 2 rings (SSSR count). The molecule has 0 atom stereocenters. The van der Waals surface area contributed by atoms with E-state index in [1.165, 1.54) is 0 Å². The van der Waals surface area contributed by atoms with Gasteiger partial charge in [0.25, 0.3) is 0 Å². The number of thiazole rings is 1. The second-order valence-corrected chi connectivity index (χ2v) is 5.07. The molecule has 0 aliphatic carbocycles. The van der Waals surface area contributed by atoms with Crippen molar-refractivity contribution in [1.29, 1.82) is 0 Å². The van der Waals surface area contributed by atoms with E-state index in [-0.39, 0.29) is 5.78 Å².